The largest absolute Gasteiger partial charge is 0.307 e. The van der Waals surface area contributed by atoms with Gasteiger partial charge in [-0.15, -0.1) is 11.3 Å². The number of anilines is 2. The normalized spacial score (nSPS) is 17.9. The second kappa shape index (κ2) is 7.04. The molecule has 1 aromatic heterocycles. The number of rotatable bonds is 4. The molecule has 0 bridgehead atoms. The summed E-state index contributed by atoms with van der Waals surface area (Å²) >= 11 is 1.44. The predicted molar refractivity (Wildman–Crippen MR) is 106 cm³/mol. The summed E-state index contributed by atoms with van der Waals surface area (Å²) in [6, 6.07) is 9.24. The molecule has 1 aliphatic carbocycles. The fraction of sp³-hybridized carbons (Fsp3) is 0.421. The number of carbonyl (C=O) groups is 1. The number of amides is 1. The Kier molecular flexibility index (Phi) is 4.75. The Balaban J connectivity index is 1.57. The van der Waals surface area contributed by atoms with Gasteiger partial charge in [-0.25, -0.2) is 8.42 Å². The third kappa shape index (κ3) is 3.38. The molecule has 2 heterocycles. The smallest absolute Gasteiger partial charge is 0.268 e. The number of fused-ring (bicyclic) bond motifs is 1. The van der Waals surface area contributed by atoms with Crippen LogP contribution in [0.1, 0.15) is 47.3 Å². The summed E-state index contributed by atoms with van der Waals surface area (Å²) in [5, 5.41) is 1.62. The van der Waals surface area contributed by atoms with Crippen LogP contribution in [0.25, 0.3) is 0 Å². The first-order chi connectivity index (χ1) is 12.5. The first-order valence-electron chi connectivity index (χ1n) is 9.04. The zero-order valence-electron chi connectivity index (χ0n) is 14.5. The Morgan fingerprint density at radius 1 is 1.15 bits per heavy atom. The molecular weight excluding hydrogens is 368 g/mol. The third-order valence-corrected chi connectivity index (χ3v) is 7.90. The zero-order valence-corrected chi connectivity index (χ0v) is 16.1. The highest BCUT2D eigenvalue weighted by molar-refractivity contribution is 7.93. The summed E-state index contributed by atoms with van der Waals surface area (Å²) < 4.78 is 27.8. The van der Waals surface area contributed by atoms with Crippen molar-refractivity contribution in [1.82, 2.24) is 0 Å². The van der Waals surface area contributed by atoms with Crippen molar-refractivity contribution >= 4 is 38.6 Å². The van der Waals surface area contributed by atoms with Crippen LogP contribution in [-0.4, -0.2) is 26.1 Å². The Hall–Kier alpha value is -1.86. The maximum atomic E-state index is 12.7. The van der Waals surface area contributed by atoms with Gasteiger partial charge in [0.25, 0.3) is 5.91 Å². The zero-order chi connectivity index (χ0) is 18.1. The van der Waals surface area contributed by atoms with Gasteiger partial charge in [0.15, 0.2) is 0 Å². The number of sulfonamides is 1. The van der Waals surface area contributed by atoms with Crippen LogP contribution in [0, 0.1) is 0 Å². The van der Waals surface area contributed by atoms with Gasteiger partial charge in [0.2, 0.25) is 10.0 Å². The van der Waals surface area contributed by atoms with E-state index in [4.69, 9.17) is 0 Å². The third-order valence-electron chi connectivity index (χ3n) is 5.18. The van der Waals surface area contributed by atoms with Gasteiger partial charge >= 0.3 is 0 Å². The van der Waals surface area contributed by atoms with E-state index >= 15 is 0 Å². The fourth-order valence-corrected chi connectivity index (χ4v) is 6.10. The molecule has 1 fully saturated rings. The Labute approximate surface area is 158 Å². The number of aryl methyl sites for hydroxylation is 1. The monoisotopic (exact) mass is 390 g/mol. The van der Waals surface area contributed by atoms with Gasteiger partial charge in [0.1, 0.15) is 0 Å². The van der Waals surface area contributed by atoms with Gasteiger partial charge in [-0.3, -0.25) is 9.52 Å². The number of benzene rings is 1. The number of thiophene rings is 1. The second-order valence-corrected chi connectivity index (χ2v) is 9.84. The van der Waals surface area contributed by atoms with E-state index in [0.29, 0.717) is 12.2 Å². The van der Waals surface area contributed by atoms with Gasteiger partial charge in [-0.05, 0) is 60.9 Å². The molecule has 138 valence electrons. The molecule has 0 atom stereocenters. The van der Waals surface area contributed by atoms with Crippen molar-refractivity contribution in [2.45, 2.75) is 43.8 Å². The number of nitrogens with zero attached hydrogens (tertiary/aromatic N) is 1. The van der Waals surface area contributed by atoms with Gasteiger partial charge in [0, 0.05) is 17.9 Å². The summed E-state index contributed by atoms with van der Waals surface area (Å²) in [6.07, 6.45) is 5.17. The van der Waals surface area contributed by atoms with Crippen LogP contribution in [0.4, 0.5) is 11.4 Å². The molecule has 2 aromatic rings. The highest BCUT2D eigenvalue weighted by Gasteiger charge is 2.29. The van der Waals surface area contributed by atoms with Gasteiger partial charge in [-0.2, -0.15) is 0 Å². The molecule has 1 aromatic carbocycles. The summed E-state index contributed by atoms with van der Waals surface area (Å²) in [6.45, 7) is 0.691. The number of hydrogen-bond donors (Lipinski definition) is 1. The van der Waals surface area contributed by atoms with Gasteiger partial charge in [0.05, 0.1) is 10.1 Å². The molecule has 26 heavy (non-hydrogen) atoms. The van der Waals surface area contributed by atoms with Crippen LogP contribution in [0.2, 0.25) is 0 Å². The van der Waals surface area contributed by atoms with Crippen LogP contribution in [0.3, 0.4) is 0 Å². The van der Waals surface area contributed by atoms with Crippen molar-refractivity contribution in [1.29, 1.82) is 0 Å². The molecule has 0 unspecified atom stereocenters. The molecule has 1 saturated carbocycles. The maximum absolute atomic E-state index is 12.7. The second-order valence-electron chi connectivity index (χ2n) is 6.93. The minimum absolute atomic E-state index is 0.0141. The average molecular weight is 391 g/mol. The number of carbonyl (C=O) groups excluding carboxylic acids is 1. The Morgan fingerprint density at radius 2 is 1.96 bits per heavy atom. The summed E-state index contributed by atoms with van der Waals surface area (Å²) in [5.41, 5.74) is 2.51. The molecule has 4 rings (SSSR count). The number of nitrogens with one attached hydrogen (secondary N) is 1. The molecule has 0 radical (unpaired) electrons. The standard InChI is InChI=1S/C19H22N2O3S2/c22-19(18-8-4-12-25-18)21-11-3-5-14-13-15(9-10-17(14)21)20-26(23,24)16-6-1-2-7-16/h4,8-10,12-13,16,20H,1-3,5-7,11H2. The molecule has 1 N–H and O–H groups in total. The SMILES string of the molecule is O=C(c1cccs1)N1CCCc2cc(NS(=O)(=O)C3CCCC3)ccc21. The lowest BCUT2D eigenvalue weighted by atomic mass is 10.0. The Morgan fingerprint density at radius 3 is 2.69 bits per heavy atom. The van der Waals surface area contributed by atoms with Crippen molar-refractivity contribution in [2.75, 3.05) is 16.2 Å². The van der Waals surface area contributed by atoms with E-state index < -0.39 is 10.0 Å². The van der Waals surface area contributed by atoms with E-state index in [1.165, 1.54) is 11.3 Å². The van der Waals surface area contributed by atoms with Gasteiger partial charge < -0.3 is 4.90 Å². The van der Waals surface area contributed by atoms with E-state index in [-0.39, 0.29) is 11.2 Å². The lowest BCUT2D eigenvalue weighted by molar-refractivity contribution is 0.0989. The first-order valence-corrected chi connectivity index (χ1v) is 11.5. The molecule has 7 heteroatoms. The quantitative estimate of drug-likeness (QED) is 0.857. The lowest BCUT2D eigenvalue weighted by Gasteiger charge is -2.29. The highest BCUT2D eigenvalue weighted by atomic mass is 32.2. The summed E-state index contributed by atoms with van der Waals surface area (Å²) in [7, 11) is -3.33. The van der Waals surface area contributed by atoms with Crippen molar-refractivity contribution in [3.05, 3.63) is 46.2 Å². The summed E-state index contributed by atoms with van der Waals surface area (Å²) in [5.74, 6) is 0.0141. The molecule has 0 spiro atoms. The Bertz CT molecular complexity index is 901. The average Bonchev–Trinajstić information content (AvgIpc) is 3.33. The molecule has 0 saturated heterocycles. The summed E-state index contributed by atoms with van der Waals surface area (Å²) in [4.78, 5) is 15.3. The number of hydrogen-bond acceptors (Lipinski definition) is 4. The van der Waals surface area contributed by atoms with E-state index in [9.17, 15) is 13.2 Å². The maximum Gasteiger partial charge on any atom is 0.268 e. The van der Waals surface area contributed by atoms with Crippen molar-refractivity contribution in [2.24, 2.45) is 0 Å². The predicted octanol–water partition coefficient (Wildman–Crippen LogP) is 4.03. The molecule has 1 aliphatic heterocycles. The van der Waals surface area contributed by atoms with Crippen molar-refractivity contribution < 1.29 is 13.2 Å². The lowest BCUT2D eigenvalue weighted by Crippen LogP contribution is -2.35. The van der Waals surface area contributed by atoms with Crippen LogP contribution < -0.4 is 9.62 Å². The van der Waals surface area contributed by atoms with E-state index in [1.807, 2.05) is 29.6 Å². The van der Waals surface area contributed by atoms with Crippen LogP contribution >= 0.6 is 11.3 Å². The first kappa shape index (κ1) is 17.5. The molecule has 1 amide bonds. The van der Waals surface area contributed by atoms with Crippen LogP contribution in [0.15, 0.2) is 35.7 Å². The van der Waals surface area contributed by atoms with Crippen molar-refractivity contribution in [3.63, 3.8) is 0 Å². The van der Waals surface area contributed by atoms with Crippen LogP contribution in [0.5, 0.6) is 0 Å². The minimum Gasteiger partial charge on any atom is -0.307 e. The molecule has 5 nitrogen and oxygen atoms in total. The van der Waals surface area contributed by atoms with Gasteiger partial charge in [-0.1, -0.05) is 18.9 Å². The highest BCUT2D eigenvalue weighted by Crippen LogP contribution is 2.33. The van der Waals surface area contributed by atoms with E-state index in [0.717, 1.165) is 54.7 Å². The van der Waals surface area contributed by atoms with Crippen LogP contribution in [-0.2, 0) is 16.4 Å². The fourth-order valence-electron chi connectivity index (χ4n) is 3.85. The minimum atomic E-state index is -3.33. The topological polar surface area (TPSA) is 66.5 Å². The van der Waals surface area contributed by atoms with Crippen molar-refractivity contribution in [3.8, 4) is 0 Å². The molecular formula is C19H22N2O3S2. The molecule has 2 aliphatic rings. The van der Waals surface area contributed by atoms with E-state index in [1.54, 1.807) is 11.0 Å². The van der Waals surface area contributed by atoms with E-state index in [2.05, 4.69) is 4.72 Å².